The summed E-state index contributed by atoms with van der Waals surface area (Å²) >= 11 is 0. The van der Waals surface area contributed by atoms with Crippen molar-refractivity contribution in [1.29, 1.82) is 0 Å². The normalized spacial score (nSPS) is 12.2. The number of benzene rings is 1. The summed E-state index contributed by atoms with van der Waals surface area (Å²) in [5.74, 6) is -1.76. The van der Waals surface area contributed by atoms with Gasteiger partial charge >= 0.3 is 0 Å². The van der Waals surface area contributed by atoms with Gasteiger partial charge in [-0.1, -0.05) is 19.4 Å². The van der Waals surface area contributed by atoms with E-state index in [2.05, 4.69) is 5.32 Å². The molecule has 0 fully saturated rings. The number of nitrogens with two attached hydrogens (primary N) is 1. The van der Waals surface area contributed by atoms with Crippen molar-refractivity contribution in [3.8, 4) is 0 Å². The SMILES string of the molecule is CCC(CN)CC(=O)NCc1ccc(F)c(F)c1. The van der Waals surface area contributed by atoms with Gasteiger partial charge in [-0.15, -0.1) is 0 Å². The van der Waals surface area contributed by atoms with Crippen LogP contribution in [0.5, 0.6) is 0 Å². The van der Waals surface area contributed by atoms with Crippen molar-refractivity contribution in [2.45, 2.75) is 26.3 Å². The summed E-state index contributed by atoms with van der Waals surface area (Å²) in [5.41, 5.74) is 6.03. The van der Waals surface area contributed by atoms with Gasteiger partial charge in [-0.05, 0) is 30.2 Å². The Labute approximate surface area is 105 Å². The minimum absolute atomic E-state index is 0.128. The van der Waals surface area contributed by atoms with Crippen LogP contribution < -0.4 is 11.1 Å². The molecule has 0 heterocycles. The van der Waals surface area contributed by atoms with E-state index in [1.54, 1.807) is 0 Å². The van der Waals surface area contributed by atoms with Gasteiger partial charge in [-0.3, -0.25) is 4.79 Å². The van der Waals surface area contributed by atoms with Crippen LogP contribution in [0.3, 0.4) is 0 Å². The van der Waals surface area contributed by atoms with Gasteiger partial charge in [0.05, 0.1) is 0 Å². The van der Waals surface area contributed by atoms with E-state index in [9.17, 15) is 13.6 Å². The third-order valence-electron chi connectivity index (χ3n) is 2.86. The molecule has 1 rings (SSSR count). The number of halogens is 2. The van der Waals surface area contributed by atoms with Crippen LogP contribution in [0.15, 0.2) is 18.2 Å². The third-order valence-corrected chi connectivity index (χ3v) is 2.86. The molecule has 1 aromatic rings. The third kappa shape index (κ3) is 4.41. The fraction of sp³-hybridized carbons (Fsp3) is 0.462. The van der Waals surface area contributed by atoms with E-state index in [1.807, 2.05) is 6.92 Å². The summed E-state index contributed by atoms with van der Waals surface area (Å²) in [6.45, 7) is 2.63. The first kappa shape index (κ1) is 14.6. The zero-order valence-corrected chi connectivity index (χ0v) is 10.4. The van der Waals surface area contributed by atoms with Gasteiger partial charge in [0.1, 0.15) is 0 Å². The van der Waals surface area contributed by atoms with E-state index in [0.29, 0.717) is 18.5 Å². The number of amides is 1. The molecule has 5 heteroatoms. The molecule has 0 saturated heterocycles. The lowest BCUT2D eigenvalue weighted by Gasteiger charge is -2.12. The molecule has 0 aliphatic heterocycles. The summed E-state index contributed by atoms with van der Waals surface area (Å²) in [4.78, 5) is 11.6. The van der Waals surface area contributed by atoms with Gasteiger partial charge in [-0.25, -0.2) is 8.78 Å². The minimum atomic E-state index is -0.907. The van der Waals surface area contributed by atoms with E-state index >= 15 is 0 Å². The van der Waals surface area contributed by atoms with Crippen LogP contribution in [0.1, 0.15) is 25.3 Å². The highest BCUT2D eigenvalue weighted by molar-refractivity contribution is 5.76. The smallest absolute Gasteiger partial charge is 0.220 e. The molecule has 100 valence electrons. The number of hydrogen-bond donors (Lipinski definition) is 2. The van der Waals surface area contributed by atoms with Crippen LogP contribution in [-0.2, 0) is 11.3 Å². The highest BCUT2D eigenvalue weighted by Crippen LogP contribution is 2.09. The summed E-state index contributed by atoms with van der Waals surface area (Å²) in [7, 11) is 0. The standard InChI is InChI=1S/C13H18F2N2O/c1-2-9(7-16)6-13(18)17-8-10-3-4-11(14)12(15)5-10/h3-5,9H,2,6-8,16H2,1H3,(H,17,18). The van der Waals surface area contributed by atoms with Gasteiger partial charge in [0.25, 0.3) is 0 Å². The van der Waals surface area contributed by atoms with Gasteiger partial charge in [-0.2, -0.15) is 0 Å². The van der Waals surface area contributed by atoms with E-state index in [1.165, 1.54) is 6.07 Å². The fourth-order valence-corrected chi connectivity index (χ4v) is 1.58. The lowest BCUT2D eigenvalue weighted by atomic mass is 10.0. The molecule has 1 atom stereocenters. The molecular weight excluding hydrogens is 238 g/mol. The predicted octanol–water partition coefficient (Wildman–Crippen LogP) is 1.96. The Balaban J connectivity index is 2.44. The van der Waals surface area contributed by atoms with Crippen molar-refractivity contribution >= 4 is 5.91 Å². The largest absolute Gasteiger partial charge is 0.352 e. The Morgan fingerprint density at radius 3 is 2.67 bits per heavy atom. The lowest BCUT2D eigenvalue weighted by molar-refractivity contribution is -0.122. The van der Waals surface area contributed by atoms with Crippen LogP contribution in [0.25, 0.3) is 0 Å². The summed E-state index contributed by atoms with van der Waals surface area (Å²) < 4.78 is 25.6. The second-order valence-corrected chi connectivity index (χ2v) is 4.24. The molecular formula is C13H18F2N2O. The number of hydrogen-bond acceptors (Lipinski definition) is 2. The van der Waals surface area contributed by atoms with E-state index in [4.69, 9.17) is 5.73 Å². The fourth-order valence-electron chi connectivity index (χ4n) is 1.58. The van der Waals surface area contributed by atoms with E-state index < -0.39 is 11.6 Å². The number of nitrogens with one attached hydrogen (secondary N) is 1. The van der Waals surface area contributed by atoms with Crippen molar-refractivity contribution in [2.75, 3.05) is 6.54 Å². The quantitative estimate of drug-likeness (QED) is 0.817. The molecule has 1 amide bonds. The first-order valence-corrected chi connectivity index (χ1v) is 5.97. The van der Waals surface area contributed by atoms with Crippen LogP contribution in [0.4, 0.5) is 8.78 Å². The first-order valence-electron chi connectivity index (χ1n) is 5.97. The summed E-state index contributed by atoms with van der Waals surface area (Å²) in [6, 6.07) is 3.57. The van der Waals surface area contributed by atoms with Crippen molar-refractivity contribution in [3.05, 3.63) is 35.4 Å². The second-order valence-electron chi connectivity index (χ2n) is 4.24. The molecule has 0 radical (unpaired) electrons. The monoisotopic (exact) mass is 256 g/mol. The molecule has 0 aliphatic carbocycles. The highest BCUT2D eigenvalue weighted by atomic mass is 19.2. The Hall–Kier alpha value is -1.49. The van der Waals surface area contributed by atoms with Crippen LogP contribution in [-0.4, -0.2) is 12.5 Å². The Kier molecular flexibility index (Phi) is 5.71. The molecule has 0 aromatic heterocycles. The van der Waals surface area contributed by atoms with Crippen LogP contribution in [0, 0.1) is 17.6 Å². The average Bonchev–Trinajstić information content (AvgIpc) is 2.37. The molecule has 1 aromatic carbocycles. The van der Waals surface area contributed by atoms with Crippen molar-refractivity contribution in [1.82, 2.24) is 5.32 Å². The maximum atomic E-state index is 12.9. The van der Waals surface area contributed by atoms with Gasteiger partial charge in [0, 0.05) is 13.0 Å². The molecule has 0 bridgehead atoms. The highest BCUT2D eigenvalue weighted by Gasteiger charge is 2.10. The predicted molar refractivity (Wildman–Crippen MR) is 65.7 cm³/mol. The number of carbonyl (C=O) groups is 1. The number of rotatable bonds is 6. The Bertz CT molecular complexity index is 406. The van der Waals surface area contributed by atoms with Crippen LogP contribution in [0.2, 0.25) is 0 Å². The number of carbonyl (C=O) groups excluding carboxylic acids is 1. The van der Waals surface area contributed by atoms with Crippen LogP contribution >= 0.6 is 0 Å². The topological polar surface area (TPSA) is 55.1 Å². The Morgan fingerprint density at radius 1 is 1.39 bits per heavy atom. The maximum absolute atomic E-state index is 12.9. The molecule has 18 heavy (non-hydrogen) atoms. The minimum Gasteiger partial charge on any atom is -0.352 e. The molecule has 3 nitrogen and oxygen atoms in total. The molecule has 1 unspecified atom stereocenters. The summed E-state index contributed by atoms with van der Waals surface area (Å²) in [6.07, 6.45) is 1.20. The Morgan fingerprint density at radius 2 is 2.11 bits per heavy atom. The maximum Gasteiger partial charge on any atom is 0.220 e. The van der Waals surface area contributed by atoms with Crippen molar-refractivity contribution in [2.24, 2.45) is 11.7 Å². The van der Waals surface area contributed by atoms with Gasteiger partial charge in [0.15, 0.2) is 11.6 Å². The lowest BCUT2D eigenvalue weighted by Crippen LogP contribution is -2.27. The zero-order valence-electron chi connectivity index (χ0n) is 10.4. The first-order chi connectivity index (χ1) is 8.56. The summed E-state index contributed by atoms with van der Waals surface area (Å²) in [5, 5.41) is 2.66. The molecule has 3 N–H and O–H groups in total. The second kappa shape index (κ2) is 7.06. The van der Waals surface area contributed by atoms with E-state index in [0.717, 1.165) is 18.6 Å². The van der Waals surface area contributed by atoms with E-state index in [-0.39, 0.29) is 18.4 Å². The van der Waals surface area contributed by atoms with Crippen molar-refractivity contribution in [3.63, 3.8) is 0 Å². The molecule has 0 aliphatic rings. The molecule has 0 saturated carbocycles. The molecule has 0 spiro atoms. The van der Waals surface area contributed by atoms with Gasteiger partial charge in [0.2, 0.25) is 5.91 Å². The zero-order chi connectivity index (χ0) is 13.5. The average molecular weight is 256 g/mol. The van der Waals surface area contributed by atoms with Gasteiger partial charge < -0.3 is 11.1 Å². The van der Waals surface area contributed by atoms with Crippen molar-refractivity contribution < 1.29 is 13.6 Å².